The van der Waals surface area contributed by atoms with Crippen LogP contribution in [0.15, 0.2) is 46.3 Å². The summed E-state index contributed by atoms with van der Waals surface area (Å²) in [5.41, 5.74) is 2.04. The van der Waals surface area contributed by atoms with Crippen LogP contribution in [0, 0.1) is 12.7 Å². The molecule has 0 saturated carbocycles. The fraction of sp³-hybridized carbons (Fsp3) is 0.263. The lowest BCUT2D eigenvalue weighted by molar-refractivity contribution is -0.117. The number of thiazole rings is 1. The standard InChI is InChI=1S/C19H18ClFN2OS2/c1-3-23-18-12(2)15(20)8-9-16(18)26-19(23)22-17(24)10-11-25-14-6-4-13(21)5-7-14/h4-9H,3,10-11H2,1-2H3. The van der Waals surface area contributed by atoms with Crippen molar-refractivity contribution < 1.29 is 9.18 Å². The highest BCUT2D eigenvalue weighted by atomic mass is 35.5. The van der Waals surface area contributed by atoms with Crippen molar-refractivity contribution in [2.24, 2.45) is 4.99 Å². The van der Waals surface area contributed by atoms with Crippen LogP contribution in [0.5, 0.6) is 0 Å². The number of hydrogen-bond donors (Lipinski definition) is 0. The Morgan fingerprint density at radius 1 is 1.27 bits per heavy atom. The Hall–Kier alpha value is -1.63. The van der Waals surface area contributed by atoms with Crippen LogP contribution in [0.2, 0.25) is 5.02 Å². The second-order valence-electron chi connectivity index (χ2n) is 5.71. The van der Waals surface area contributed by atoms with Crippen molar-refractivity contribution in [3.8, 4) is 0 Å². The van der Waals surface area contributed by atoms with Gasteiger partial charge < -0.3 is 4.57 Å². The highest BCUT2D eigenvalue weighted by Crippen LogP contribution is 2.27. The van der Waals surface area contributed by atoms with Gasteiger partial charge in [-0.3, -0.25) is 4.79 Å². The molecule has 0 saturated heterocycles. The number of carbonyl (C=O) groups is 1. The van der Waals surface area contributed by atoms with Crippen LogP contribution in [0.3, 0.4) is 0 Å². The fourth-order valence-corrected chi connectivity index (χ4v) is 4.81. The minimum Gasteiger partial charge on any atom is -0.316 e. The lowest BCUT2D eigenvalue weighted by Gasteiger charge is -2.05. The van der Waals surface area contributed by atoms with E-state index in [1.54, 1.807) is 12.1 Å². The molecule has 3 rings (SSSR count). The van der Waals surface area contributed by atoms with Gasteiger partial charge >= 0.3 is 0 Å². The molecule has 136 valence electrons. The van der Waals surface area contributed by atoms with Crippen molar-refractivity contribution in [1.82, 2.24) is 4.57 Å². The monoisotopic (exact) mass is 408 g/mol. The van der Waals surface area contributed by atoms with Crippen LogP contribution in [-0.4, -0.2) is 16.2 Å². The molecule has 3 nitrogen and oxygen atoms in total. The van der Waals surface area contributed by atoms with E-state index < -0.39 is 0 Å². The predicted molar refractivity (Wildman–Crippen MR) is 108 cm³/mol. The maximum Gasteiger partial charge on any atom is 0.249 e. The number of rotatable bonds is 5. The van der Waals surface area contributed by atoms with Crippen molar-refractivity contribution in [1.29, 1.82) is 0 Å². The number of aromatic nitrogens is 1. The van der Waals surface area contributed by atoms with Crippen LogP contribution in [0.25, 0.3) is 10.2 Å². The molecule has 0 bridgehead atoms. The molecule has 0 radical (unpaired) electrons. The van der Waals surface area contributed by atoms with E-state index in [4.69, 9.17) is 11.6 Å². The smallest absolute Gasteiger partial charge is 0.249 e. The van der Waals surface area contributed by atoms with E-state index in [1.807, 2.05) is 30.5 Å². The van der Waals surface area contributed by atoms with Crippen LogP contribution < -0.4 is 4.80 Å². The average molecular weight is 409 g/mol. The van der Waals surface area contributed by atoms with E-state index >= 15 is 0 Å². The molecule has 3 aromatic rings. The third kappa shape index (κ3) is 4.19. The number of hydrogen-bond acceptors (Lipinski definition) is 3. The molecule has 0 fully saturated rings. The topological polar surface area (TPSA) is 34.4 Å². The summed E-state index contributed by atoms with van der Waals surface area (Å²) in [4.78, 5) is 18.2. The Labute approximate surface area is 164 Å². The minimum atomic E-state index is -0.260. The molecule has 0 atom stereocenters. The van der Waals surface area contributed by atoms with E-state index in [2.05, 4.69) is 4.99 Å². The number of benzene rings is 2. The summed E-state index contributed by atoms with van der Waals surface area (Å²) in [6.07, 6.45) is 0.333. The number of nitrogens with zero attached hydrogens (tertiary/aromatic N) is 2. The predicted octanol–water partition coefficient (Wildman–Crippen LogP) is 5.43. The van der Waals surface area contributed by atoms with Crippen molar-refractivity contribution in [2.75, 3.05) is 5.75 Å². The molecular formula is C19H18ClFN2OS2. The number of amides is 1. The highest BCUT2D eigenvalue weighted by Gasteiger charge is 2.11. The van der Waals surface area contributed by atoms with Crippen LogP contribution in [0.4, 0.5) is 4.39 Å². The van der Waals surface area contributed by atoms with Crippen molar-refractivity contribution in [2.45, 2.75) is 31.7 Å². The molecule has 1 amide bonds. The minimum absolute atomic E-state index is 0.155. The molecule has 0 aliphatic carbocycles. The normalized spacial score (nSPS) is 12.1. The second kappa shape index (κ2) is 8.37. The van der Waals surface area contributed by atoms with Crippen molar-refractivity contribution in [3.63, 3.8) is 0 Å². The number of halogens is 2. The van der Waals surface area contributed by atoms with Gasteiger partial charge in [-0.25, -0.2) is 4.39 Å². The van der Waals surface area contributed by atoms with Gasteiger partial charge in [0.15, 0.2) is 4.80 Å². The summed E-state index contributed by atoms with van der Waals surface area (Å²) in [6, 6.07) is 10.1. The zero-order chi connectivity index (χ0) is 18.7. The Kier molecular flexibility index (Phi) is 6.16. The van der Waals surface area contributed by atoms with Crippen LogP contribution in [0.1, 0.15) is 18.9 Å². The maximum absolute atomic E-state index is 12.9. The lowest BCUT2D eigenvalue weighted by atomic mass is 10.2. The van der Waals surface area contributed by atoms with E-state index in [0.717, 1.165) is 27.2 Å². The quantitative estimate of drug-likeness (QED) is 0.527. The average Bonchev–Trinajstić information content (AvgIpc) is 2.97. The van der Waals surface area contributed by atoms with E-state index in [0.29, 0.717) is 22.0 Å². The Morgan fingerprint density at radius 2 is 2.00 bits per heavy atom. The molecule has 0 N–H and O–H groups in total. The summed E-state index contributed by atoms with van der Waals surface area (Å²) in [5.74, 6) is 0.192. The van der Waals surface area contributed by atoms with Gasteiger partial charge in [-0.2, -0.15) is 4.99 Å². The third-order valence-electron chi connectivity index (χ3n) is 3.96. The van der Waals surface area contributed by atoms with Gasteiger partial charge in [-0.05, 0) is 55.8 Å². The zero-order valence-electron chi connectivity index (χ0n) is 14.5. The summed E-state index contributed by atoms with van der Waals surface area (Å²) < 4.78 is 16.0. The Balaban J connectivity index is 1.77. The zero-order valence-corrected chi connectivity index (χ0v) is 16.8. The summed E-state index contributed by atoms with van der Waals surface area (Å²) in [7, 11) is 0. The maximum atomic E-state index is 12.9. The molecule has 0 aliphatic rings. The molecule has 7 heteroatoms. The highest BCUT2D eigenvalue weighted by molar-refractivity contribution is 7.99. The molecule has 2 aromatic carbocycles. The summed E-state index contributed by atoms with van der Waals surface area (Å²) >= 11 is 9.25. The van der Waals surface area contributed by atoms with Gasteiger partial charge in [-0.15, -0.1) is 11.8 Å². The third-order valence-corrected chi connectivity index (χ3v) is 6.43. The van der Waals surface area contributed by atoms with Gasteiger partial charge in [0.2, 0.25) is 5.91 Å². The molecule has 26 heavy (non-hydrogen) atoms. The van der Waals surface area contributed by atoms with Gasteiger partial charge in [0.05, 0.1) is 10.2 Å². The van der Waals surface area contributed by atoms with Gasteiger partial charge in [0.1, 0.15) is 5.82 Å². The van der Waals surface area contributed by atoms with Crippen LogP contribution >= 0.6 is 34.7 Å². The first-order valence-electron chi connectivity index (χ1n) is 8.24. The second-order valence-corrected chi connectivity index (χ2v) is 8.29. The number of carbonyl (C=O) groups excluding carboxylic acids is 1. The first-order valence-corrected chi connectivity index (χ1v) is 10.4. The van der Waals surface area contributed by atoms with Crippen LogP contribution in [-0.2, 0) is 11.3 Å². The van der Waals surface area contributed by atoms with Gasteiger partial charge in [0, 0.05) is 28.6 Å². The van der Waals surface area contributed by atoms with Crippen molar-refractivity contribution in [3.05, 3.63) is 57.6 Å². The summed E-state index contributed by atoms with van der Waals surface area (Å²) in [5, 5.41) is 0.714. The number of fused-ring (bicyclic) bond motifs is 1. The molecule has 0 unspecified atom stereocenters. The summed E-state index contributed by atoms with van der Waals surface area (Å²) in [6.45, 7) is 4.73. The largest absolute Gasteiger partial charge is 0.316 e. The van der Waals surface area contributed by atoms with E-state index in [1.165, 1.54) is 35.2 Å². The lowest BCUT2D eigenvalue weighted by Crippen LogP contribution is -2.16. The number of aryl methyl sites for hydroxylation is 2. The SMILES string of the molecule is CCn1c(=NC(=O)CCSc2ccc(F)cc2)sc2ccc(Cl)c(C)c21. The number of thioether (sulfide) groups is 1. The van der Waals surface area contributed by atoms with Crippen molar-refractivity contribution >= 4 is 50.8 Å². The van der Waals surface area contributed by atoms with E-state index in [9.17, 15) is 9.18 Å². The van der Waals surface area contributed by atoms with Gasteiger partial charge in [-0.1, -0.05) is 22.9 Å². The van der Waals surface area contributed by atoms with E-state index in [-0.39, 0.29) is 11.7 Å². The molecule has 1 heterocycles. The Bertz CT molecular complexity index is 1010. The molecule has 1 aromatic heterocycles. The first kappa shape index (κ1) is 19.1. The first-order chi connectivity index (χ1) is 12.5. The Morgan fingerprint density at radius 3 is 2.69 bits per heavy atom. The molecular weight excluding hydrogens is 391 g/mol. The molecule has 0 aliphatic heterocycles. The molecule has 0 spiro atoms. The van der Waals surface area contributed by atoms with Gasteiger partial charge in [0.25, 0.3) is 0 Å². The fourth-order valence-electron chi connectivity index (χ4n) is 2.64.